The molecular formula is C24H29F2N5O3Si. The van der Waals surface area contributed by atoms with E-state index in [2.05, 4.69) is 34.7 Å². The SMILES string of the molecule is CC(C)OC(=O)c1cn(COCC[Si](C)(C)C)c2ncc(-c3nn(C)c4cc(F)cc(F)c34)nc12. The molecule has 0 saturated carbocycles. The molecule has 11 heteroatoms. The highest BCUT2D eigenvalue weighted by molar-refractivity contribution is 6.76. The minimum absolute atomic E-state index is 0.128. The quantitative estimate of drug-likeness (QED) is 0.189. The number of esters is 1. The van der Waals surface area contributed by atoms with E-state index < -0.39 is 25.7 Å². The number of halogens is 2. The second kappa shape index (κ2) is 9.46. The molecule has 0 amide bonds. The van der Waals surface area contributed by atoms with Crippen molar-refractivity contribution in [3.05, 3.63) is 41.7 Å². The number of aryl methyl sites for hydroxylation is 1. The molecule has 0 N–H and O–H groups in total. The van der Waals surface area contributed by atoms with Gasteiger partial charge in [0.25, 0.3) is 0 Å². The van der Waals surface area contributed by atoms with E-state index in [0.717, 1.165) is 12.1 Å². The molecule has 1 aromatic carbocycles. The summed E-state index contributed by atoms with van der Waals surface area (Å²) >= 11 is 0. The first-order valence-corrected chi connectivity index (χ1v) is 15.1. The van der Waals surface area contributed by atoms with Crippen LogP contribution in [-0.4, -0.2) is 51.1 Å². The first-order chi connectivity index (χ1) is 16.4. The molecule has 0 radical (unpaired) electrons. The summed E-state index contributed by atoms with van der Waals surface area (Å²) in [6, 6.07) is 3.02. The summed E-state index contributed by atoms with van der Waals surface area (Å²) in [5.74, 6) is -2.00. The van der Waals surface area contributed by atoms with Crippen LogP contribution in [0.5, 0.6) is 0 Å². The maximum Gasteiger partial charge on any atom is 0.342 e. The topological polar surface area (TPSA) is 84.1 Å². The van der Waals surface area contributed by atoms with Crippen molar-refractivity contribution >= 4 is 36.1 Å². The lowest BCUT2D eigenvalue weighted by Crippen LogP contribution is -2.22. The lowest BCUT2D eigenvalue weighted by molar-refractivity contribution is 0.0379. The van der Waals surface area contributed by atoms with Crippen molar-refractivity contribution < 1.29 is 23.0 Å². The van der Waals surface area contributed by atoms with Crippen molar-refractivity contribution in [2.75, 3.05) is 6.61 Å². The first kappa shape index (κ1) is 24.9. The number of fused-ring (bicyclic) bond motifs is 2. The van der Waals surface area contributed by atoms with Crippen LogP contribution in [0.1, 0.15) is 24.2 Å². The smallest absolute Gasteiger partial charge is 0.342 e. The number of aromatic nitrogens is 5. The van der Waals surface area contributed by atoms with Crippen LogP contribution in [0.3, 0.4) is 0 Å². The molecule has 35 heavy (non-hydrogen) atoms. The molecule has 0 bridgehead atoms. The Bertz CT molecular complexity index is 1410. The summed E-state index contributed by atoms with van der Waals surface area (Å²) in [5, 5.41) is 4.47. The van der Waals surface area contributed by atoms with E-state index >= 15 is 0 Å². The highest BCUT2D eigenvalue weighted by atomic mass is 28.3. The van der Waals surface area contributed by atoms with E-state index in [9.17, 15) is 13.6 Å². The van der Waals surface area contributed by atoms with Crippen LogP contribution in [0, 0.1) is 11.6 Å². The molecule has 186 valence electrons. The zero-order chi connectivity index (χ0) is 25.5. The minimum atomic E-state index is -1.25. The normalized spacial score (nSPS) is 12.3. The van der Waals surface area contributed by atoms with Gasteiger partial charge in [0, 0.05) is 34.0 Å². The Morgan fingerprint density at radius 1 is 1.20 bits per heavy atom. The molecule has 0 atom stereocenters. The van der Waals surface area contributed by atoms with Gasteiger partial charge in [-0.3, -0.25) is 4.68 Å². The molecule has 3 aromatic heterocycles. The van der Waals surface area contributed by atoms with Crippen LogP contribution in [0.2, 0.25) is 25.7 Å². The van der Waals surface area contributed by atoms with Crippen LogP contribution in [0.4, 0.5) is 8.78 Å². The van der Waals surface area contributed by atoms with Gasteiger partial charge in [-0.15, -0.1) is 0 Å². The predicted octanol–water partition coefficient (Wildman–Crippen LogP) is 5.14. The predicted molar refractivity (Wildman–Crippen MR) is 132 cm³/mol. The van der Waals surface area contributed by atoms with Crippen molar-refractivity contribution in [2.24, 2.45) is 7.05 Å². The van der Waals surface area contributed by atoms with E-state index in [1.165, 1.54) is 16.9 Å². The largest absolute Gasteiger partial charge is 0.459 e. The van der Waals surface area contributed by atoms with Crippen LogP contribution < -0.4 is 0 Å². The summed E-state index contributed by atoms with van der Waals surface area (Å²) in [5.41, 5.74) is 1.70. The van der Waals surface area contributed by atoms with Crippen molar-refractivity contribution in [1.29, 1.82) is 0 Å². The summed E-state index contributed by atoms with van der Waals surface area (Å²) in [4.78, 5) is 22.0. The van der Waals surface area contributed by atoms with Gasteiger partial charge in [0.05, 0.1) is 23.2 Å². The molecule has 4 aromatic rings. The van der Waals surface area contributed by atoms with Crippen LogP contribution in [0.25, 0.3) is 33.5 Å². The number of nitrogens with zero attached hydrogens (tertiary/aromatic N) is 5. The molecule has 3 heterocycles. The monoisotopic (exact) mass is 501 g/mol. The Hall–Kier alpha value is -3.18. The Morgan fingerprint density at radius 2 is 1.94 bits per heavy atom. The number of hydrogen-bond acceptors (Lipinski definition) is 6. The van der Waals surface area contributed by atoms with Gasteiger partial charge in [-0.2, -0.15) is 5.10 Å². The van der Waals surface area contributed by atoms with E-state index in [1.54, 1.807) is 31.7 Å². The van der Waals surface area contributed by atoms with Crippen molar-refractivity contribution in [2.45, 2.75) is 52.4 Å². The Labute approximate surface area is 202 Å². The maximum atomic E-state index is 14.7. The van der Waals surface area contributed by atoms with Gasteiger partial charge in [0.1, 0.15) is 40.8 Å². The Kier molecular flexibility index (Phi) is 6.74. The number of rotatable bonds is 8. The number of carbonyl (C=O) groups excluding carboxylic acids is 1. The van der Waals surface area contributed by atoms with Crippen LogP contribution in [-0.2, 0) is 23.3 Å². The van der Waals surface area contributed by atoms with Gasteiger partial charge in [-0.05, 0) is 26.0 Å². The van der Waals surface area contributed by atoms with Crippen molar-refractivity contribution in [3.63, 3.8) is 0 Å². The van der Waals surface area contributed by atoms with E-state index in [-0.39, 0.29) is 40.7 Å². The summed E-state index contributed by atoms with van der Waals surface area (Å²) < 4.78 is 42.8. The third kappa shape index (κ3) is 5.25. The number of ether oxygens (including phenoxy) is 2. The van der Waals surface area contributed by atoms with E-state index in [4.69, 9.17) is 9.47 Å². The van der Waals surface area contributed by atoms with Gasteiger partial charge in [0.15, 0.2) is 5.65 Å². The highest BCUT2D eigenvalue weighted by Gasteiger charge is 2.23. The highest BCUT2D eigenvalue weighted by Crippen LogP contribution is 2.31. The molecule has 0 saturated heterocycles. The fourth-order valence-electron chi connectivity index (χ4n) is 3.72. The Morgan fingerprint density at radius 3 is 2.63 bits per heavy atom. The molecular weight excluding hydrogens is 472 g/mol. The van der Waals surface area contributed by atoms with Gasteiger partial charge in [-0.1, -0.05) is 19.6 Å². The maximum absolute atomic E-state index is 14.7. The average molecular weight is 502 g/mol. The van der Waals surface area contributed by atoms with Gasteiger partial charge >= 0.3 is 5.97 Å². The van der Waals surface area contributed by atoms with Gasteiger partial charge in [0.2, 0.25) is 0 Å². The lowest BCUT2D eigenvalue weighted by Gasteiger charge is -2.15. The summed E-state index contributed by atoms with van der Waals surface area (Å²) in [7, 11) is 0.340. The molecule has 0 spiro atoms. The lowest BCUT2D eigenvalue weighted by atomic mass is 10.1. The molecule has 4 rings (SSSR count). The van der Waals surface area contributed by atoms with Crippen LogP contribution >= 0.6 is 0 Å². The van der Waals surface area contributed by atoms with Crippen molar-refractivity contribution in [1.82, 2.24) is 24.3 Å². The fraction of sp³-hybridized carbons (Fsp3) is 0.417. The number of hydrogen-bond donors (Lipinski definition) is 0. The zero-order valence-electron chi connectivity index (χ0n) is 20.7. The summed E-state index contributed by atoms with van der Waals surface area (Å²) in [6.07, 6.45) is 2.75. The van der Waals surface area contributed by atoms with E-state index in [1.807, 2.05) is 0 Å². The second-order valence-corrected chi connectivity index (χ2v) is 15.6. The molecule has 0 aliphatic carbocycles. The molecule has 0 unspecified atom stereocenters. The second-order valence-electron chi connectivity index (χ2n) is 10.00. The third-order valence-corrected chi connectivity index (χ3v) is 7.17. The third-order valence-electron chi connectivity index (χ3n) is 5.47. The van der Waals surface area contributed by atoms with E-state index in [0.29, 0.717) is 17.8 Å². The molecule has 8 nitrogen and oxygen atoms in total. The minimum Gasteiger partial charge on any atom is -0.459 e. The van der Waals surface area contributed by atoms with Crippen molar-refractivity contribution in [3.8, 4) is 11.4 Å². The van der Waals surface area contributed by atoms with Gasteiger partial charge in [-0.25, -0.2) is 23.5 Å². The summed E-state index contributed by atoms with van der Waals surface area (Å²) in [6.45, 7) is 11.1. The average Bonchev–Trinajstić information content (AvgIpc) is 3.28. The fourth-order valence-corrected chi connectivity index (χ4v) is 4.47. The number of carbonyl (C=O) groups is 1. The zero-order valence-corrected chi connectivity index (χ0v) is 21.7. The Balaban J connectivity index is 1.78. The molecule has 0 aliphatic rings. The number of benzene rings is 1. The first-order valence-electron chi connectivity index (χ1n) is 11.4. The van der Waals surface area contributed by atoms with Gasteiger partial charge < -0.3 is 14.0 Å². The van der Waals surface area contributed by atoms with Crippen LogP contribution in [0.15, 0.2) is 24.5 Å². The standard InChI is InChI=1S/C24H29F2N5O3Si/c1-14(2)34-24(32)16-12-31(13-33-7-8-35(4,5)6)23-21(16)28-18(11-27-23)22-20-17(26)9-15(25)10-19(20)30(3)29-22/h9-12,14H,7-8,13H2,1-6H3. The molecule has 0 aliphatic heterocycles. The molecule has 0 fully saturated rings.